The number of halogens is 7. The zero-order valence-corrected chi connectivity index (χ0v) is 18.2. The molecule has 3 heterocycles. The highest BCUT2D eigenvalue weighted by Crippen LogP contribution is 2.40. The van der Waals surface area contributed by atoms with Gasteiger partial charge in [-0.2, -0.15) is 13.2 Å². The summed E-state index contributed by atoms with van der Waals surface area (Å²) in [5, 5.41) is 1.26. The van der Waals surface area contributed by atoms with E-state index in [9.17, 15) is 40.3 Å². The number of likely N-dealkylation sites (tertiary alicyclic amines) is 1. The lowest BCUT2D eigenvalue weighted by atomic mass is 10.1. The fourth-order valence-electron chi connectivity index (χ4n) is 3.17. The van der Waals surface area contributed by atoms with Crippen molar-refractivity contribution in [1.82, 2.24) is 9.88 Å². The normalized spacial score (nSPS) is 19.0. The van der Waals surface area contributed by atoms with E-state index in [1.165, 1.54) is 12.3 Å². The number of fused-ring (bicyclic) bond motifs is 1. The number of thiophene rings is 1. The molecule has 2 aromatic rings. The third kappa shape index (κ3) is 6.05. The number of hydrogen-bond donors (Lipinski definition) is 0. The Bertz CT molecular complexity index is 1060. The molecule has 3 rings (SSSR count). The quantitative estimate of drug-likeness (QED) is 0.292. The molecule has 1 aliphatic rings. The number of hydrogen-bond acceptors (Lipinski definition) is 7. The van der Waals surface area contributed by atoms with Crippen molar-refractivity contribution in [2.24, 2.45) is 0 Å². The van der Waals surface area contributed by atoms with Crippen LogP contribution in [-0.4, -0.2) is 66.7 Å². The largest absolute Gasteiger partial charge is 0.522 e. The van der Waals surface area contributed by atoms with Crippen molar-refractivity contribution in [3.05, 3.63) is 22.6 Å². The van der Waals surface area contributed by atoms with Crippen LogP contribution >= 0.6 is 11.3 Å². The van der Waals surface area contributed by atoms with Gasteiger partial charge in [0.25, 0.3) is 0 Å². The van der Waals surface area contributed by atoms with Gasteiger partial charge in [0.05, 0.1) is 41.0 Å². The minimum absolute atomic E-state index is 0.0204. The molecule has 1 amide bonds. The van der Waals surface area contributed by atoms with Crippen LogP contribution in [0.2, 0.25) is 0 Å². The molecular weight excluding hydrogens is 501 g/mol. The number of carbonyl (C=O) groups excluding carboxylic acids is 2. The minimum Gasteiger partial charge on any atom is -0.469 e. The molecule has 1 fully saturated rings. The zero-order chi connectivity index (χ0) is 25.3. The molecule has 0 N–H and O–H groups in total. The molecule has 0 saturated carbocycles. The van der Waals surface area contributed by atoms with Gasteiger partial charge in [0.2, 0.25) is 5.88 Å². The van der Waals surface area contributed by atoms with Crippen LogP contribution in [0.15, 0.2) is 11.4 Å². The van der Waals surface area contributed by atoms with Gasteiger partial charge in [-0.1, -0.05) is 6.92 Å². The van der Waals surface area contributed by atoms with E-state index in [0.29, 0.717) is 17.4 Å². The Morgan fingerprint density at radius 2 is 1.88 bits per heavy atom. The number of Topliss-reactive ketones (excluding diaryl/α,β-unsaturated/α-hetero) is 1. The summed E-state index contributed by atoms with van der Waals surface area (Å²) in [6.45, 7) is -1.20. The highest BCUT2D eigenvalue weighted by Gasteiger charge is 2.40. The first-order valence-corrected chi connectivity index (χ1v) is 10.6. The van der Waals surface area contributed by atoms with Gasteiger partial charge in [-0.05, 0) is 0 Å². The number of ketones is 1. The summed E-state index contributed by atoms with van der Waals surface area (Å²) in [4.78, 5) is 28.8. The van der Waals surface area contributed by atoms with Gasteiger partial charge in [-0.25, -0.2) is 14.2 Å². The Hall–Kier alpha value is -2.68. The number of nitrogens with zero attached hydrogens (tertiary/aromatic N) is 2. The Balaban J connectivity index is 1.74. The maximum absolute atomic E-state index is 14.4. The summed E-state index contributed by atoms with van der Waals surface area (Å²) < 4.78 is 104. The van der Waals surface area contributed by atoms with Crippen molar-refractivity contribution in [2.45, 2.75) is 38.2 Å². The van der Waals surface area contributed by atoms with Gasteiger partial charge < -0.3 is 14.4 Å². The molecule has 2 atom stereocenters. The average molecular weight is 518 g/mol. The van der Waals surface area contributed by atoms with Crippen molar-refractivity contribution in [3.8, 4) is 5.88 Å². The standard InChI is InChI=1S/C19H17F7N2O5S/c1-2-12(29)9-8-34-16-10(18(21,22)23)5-14(27-15(9)16)33-13-7-28(6-11(13)20)17(30)31-3-4-32-19(24,25)26/h5,8,11,13H,2-4,6-7H2,1H3/t11-,13+/m1/s1. The number of rotatable bonds is 7. The van der Waals surface area contributed by atoms with E-state index in [0.717, 1.165) is 4.90 Å². The molecule has 0 bridgehead atoms. The van der Waals surface area contributed by atoms with Crippen LogP contribution in [0.3, 0.4) is 0 Å². The number of alkyl halides is 7. The van der Waals surface area contributed by atoms with E-state index < -0.39 is 74.4 Å². The summed E-state index contributed by atoms with van der Waals surface area (Å²) >= 11 is 0.695. The Morgan fingerprint density at radius 1 is 1.18 bits per heavy atom. The molecule has 0 aromatic carbocycles. The Labute approximate surface area is 191 Å². The number of amides is 1. The van der Waals surface area contributed by atoms with E-state index in [2.05, 4.69) is 14.5 Å². The second kappa shape index (κ2) is 9.90. The third-order valence-corrected chi connectivity index (χ3v) is 5.73. The van der Waals surface area contributed by atoms with E-state index >= 15 is 0 Å². The first-order valence-electron chi connectivity index (χ1n) is 9.76. The van der Waals surface area contributed by atoms with Crippen LogP contribution < -0.4 is 4.74 Å². The maximum Gasteiger partial charge on any atom is 0.522 e. The molecule has 1 saturated heterocycles. The third-order valence-electron chi connectivity index (χ3n) is 4.73. The van der Waals surface area contributed by atoms with Crippen LogP contribution in [0.1, 0.15) is 29.3 Å². The van der Waals surface area contributed by atoms with Gasteiger partial charge in [-0.15, -0.1) is 24.5 Å². The van der Waals surface area contributed by atoms with Gasteiger partial charge in [0.15, 0.2) is 18.1 Å². The van der Waals surface area contributed by atoms with Gasteiger partial charge in [0, 0.05) is 17.9 Å². The molecule has 0 aliphatic carbocycles. The molecule has 2 aromatic heterocycles. The fourth-order valence-corrected chi connectivity index (χ4v) is 4.22. The molecule has 1 aliphatic heterocycles. The highest BCUT2D eigenvalue weighted by molar-refractivity contribution is 7.17. The number of pyridine rings is 1. The van der Waals surface area contributed by atoms with Crippen LogP contribution in [0.25, 0.3) is 10.2 Å². The van der Waals surface area contributed by atoms with Gasteiger partial charge in [-0.3, -0.25) is 9.53 Å². The summed E-state index contributed by atoms with van der Waals surface area (Å²) in [5.74, 6) is -1.03. The highest BCUT2D eigenvalue weighted by atomic mass is 32.1. The van der Waals surface area contributed by atoms with E-state index in [-0.39, 0.29) is 22.2 Å². The molecule has 188 valence electrons. The van der Waals surface area contributed by atoms with Crippen LogP contribution in [0.4, 0.5) is 35.5 Å². The van der Waals surface area contributed by atoms with E-state index in [4.69, 9.17) is 4.74 Å². The van der Waals surface area contributed by atoms with Crippen LogP contribution in [0.5, 0.6) is 5.88 Å². The van der Waals surface area contributed by atoms with Crippen molar-refractivity contribution in [2.75, 3.05) is 26.3 Å². The minimum atomic E-state index is -4.91. The SMILES string of the molecule is CCC(=O)c1csc2c(C(F)(F)F)cc(O[C@H]3CN(C(=O)OCCOC(F)(F)F)C[C@H]3F)nc12. The summed E-state index contributed by atoms with van der Waals surface area (Å²) in [6, 6.07) is 0.585. The van der Waals surface area contributed by atoms with E-state index in [1.807, 2.05) is 0 Å². The second-order valence-electron chi connectivity index (χ2n) is 7.10. The second-order valence-corrected chi connectivity index (χ2v) is 7.98. The molecule has 15 heteroatoms. The van der Waals surface area contributed by atoms with Crippen molar-refractivity contribution in [1.29, 1.82) is 0 Å². The summed E-state index contributed by atoms with van der Waals surface area (Å²) in [5.41, 5.74) is -1.36. The molecular formula is C19H17F7N2O5S. The topological polar surface area (TPSA) is 78.0 Å². The van der Waals surface area contributed by atoms with Crippen molar-refractivity contribution in [3.63, 3.8) is 0 Å². The summed E-state index contributed by atoms with van der Waals surface area (Å²) in [7, 11) is 0. The lowest BCUT2D eigenvalue weighted by Gasteiger charge is -2.17. The fraction of sp³-hybridized carbons (Fsp3) is 0.526. The summed E-state index contributed by atoms with van der Waals surface area (Å²) in [6.07, 6.45) is -14.1. The predicted molar refractivity (Wildman–Crippen MR) is 103 cm³/mol. The number of ether oxygens (including phenoxy) is 3. The van der Waals surface area contributed by atoms with Gasteiger partial charge >= 0.3 is 18.6 Å². The number of carbonyl (C=O) groups is 2. The zero-order valence-electron chi connectivity index (χ0n) is 17.3. The van der Waals surface area contributed by atoms with E-state index in [1.54, 1.807) is 0 Å². The molecule has 0 unspecified atom stereocenters. The maximum atomic E-state index is 14.4. The monoisotopic (exact) mass is 518 g/mol. The van der Waals surface area contributed by atoms with Crippen LogP contribution in [-0.2, 0) is 15.7 Å². The lowest BCUT2D eigenvalue weighted by molar-refractivity contribution is -0.326. The predicted octanol–water partition coefficient (Wildman–Crippen LogP) is 4.98. The Kier molecular flexibility index (Phi) is 7.55. The first kappa shape index (κ1) is 25.9. The molecule has 34 heavy (non-hydrogen) atoms. The lowest BCUT2D eigenvalue weighted by Crippen LogP contribution is -2.32. The van der Waals surface area contributed by atoms with Crippen molar-refractivity contribution >= 4 is 33.4 Å². The first-order chi connectivity index (χ1) is 15.8. The van der Waals surface area contributed by atoms with Gasteiger partial charge in [0.1, 0.15) is 6.61 Å². The van der Waals surface area contributed by atoms with Crippen LogP contribution in [0, 0.1) is 0 Å². The molecule has 0 radical (unpaired) electrons. The Morgan fingerprint density at radius 3 is 2.50 bits per heavy atom. The average Bonchev–Trinajstić information content (AvgIpc) is 3.32. The molecule has 7 nitrogen and oxygen atoms in total. The molecule has 0 spiro atoms. The number of aromatic nitrogens is 1. The smallest absolute Gasteiger partial charge is 0.469 e. The van der Waals surface area contributed by atoms with Crippen molar-refractivity contribution < 1.29 is 54.5 Å².